The number of amides is 2. The minimum atomic E-state index is -0.437. The van der Waals surface area contributed by atoms with E-state index >= 15 is 0 Å². The van der Waals surface area contributed by atoms with E-state index in [4.69, 9.17) is 9.15 Å². The maximum Gasteiger partial charge on any atom is 0.229 e. The smallest absolute Gasteiger partial charge is 0.229 e. The lowest BCUT2D eigenvalue weighted by Gasteiger charge is -2.20. The predicted octanol–water partition coefficient (Wildman–Crippen LogP) is 4.98. The Bertz CT molecular complexity index is 1290. The maximum absolute atomic E-state index is 12.9. The molecule has 0 bridgehead atoms. The topological polar surface area (TPSA) is 71.8 Å². The monoisotopic (exact) mass is 414 g/mol. The number of benzene rings is 3. The molecule has 0 radical (unpaired) electrons. The van der Waals surface area contributed by atoms with Gasteiger partial charge in [-0.25, -0.2) is 0 Å². The van der Waals surface area contributed by atoms with Crippen molar-refractivity contribution in [1.29, 1.82) is 0 Å². The average Bonchev–Trinajstić information content (AvgIpc) is 3.34. The standard InChI is InChI=1S/C25H22N2O4/c1-2-30-22-10-6-4-8-20(22)27-15-16(13-24(27)28)25(29)26-17-11-12-19-18-7-3-5-9-21(18)31-23(19)14-17/h3-12,14,16H,2,13,15H2,1H3,(H,26,29). The zero-order chi connectivity index (χ0) is 21.4. The molecule has 1 fully saturated rings. The molecule has 2 amide bonds. The van der Waals surface area contributed by atoms with Crippen molar-refractivity contribution in [3.8, 4) is 5.75 Å². The summed E-state index contributed by atoms with van der Waals surface area (Å²) in [6, 6.07) is 20.9. The van der Waals surface area contributed by atoms with Crippen molar-refractivity contribution in [3.05, 3.63) is 66.7 Å². The van der Waals surface area contributed by atoms with Gasteiger partial charge in [-0.05, 0) is 37.3 Å². The average molecular weight is 414 g/mol. The molecule has 6 nitrogen and oxygen atoms in total. The lowest BCUT2D eigenvalue weighted by Crippen LogP contribution is -2.28. The first-order chi connectivity index (χ1) is 15.1. The Kier molecular flexibility index (Phi) is 4.82. The van der Waals surface area contributed by atoms with Gasteiger partial charge in [0.25, 0.3) is 0 Å². The fraction of sp³-hybridized carbons (Fsp3) is 0.200. The minimum Gasteiger partial charge on any atom is -0.492 e. The zero-order valence-corrected chi connectivity index (χ0v) is 17.1. The van der Waals surface area contributed by atoms with Crippen molar-refractivity contribution in [3.63, 3.8) is 0 Å². The third kappa shape index (κ3) is 3.50. The van der Waals surface area contributed by atoms with Gasteiger partial charge in [0.1, 0.15) is 16.9 Å². The van der Waals surface area contributed by atoms with Crippen LogP contribution in [0.2, 0.25) is 0 Å². The van der Waals surface area contributed by atoms with Crippen LogP contribution in [-0.4, -0.2) is 25.0 Å². The maximum atomic E-state index is 12.9. The normalized spacial score (nSPS) is 16.2. The Labute approximate surface area is 179 Å². The summed E-state index contributed by atoms with van der Waals surface area (Å²) in [4.78, 5) is 27.2. The van der Waals surface area contributed by atoms with Crippen molar-refractivity contribution in [2.45, 2.75) is 13.3 Å². The molecule has 1 N–H and O–H groups in total. The minimum absolute atomic E-state index is 0.0833. The largest absolute Gasteiger partial charge is 0.492 e. The molecule has 1 aliphatic heterocycles. The highest BCUT2D eigenvalue weighted by Gasteiger charge is 2.36. The molecule has 3 aromatic carbocycles. The van der Waals surface area contributed by atoms with E-state index in [-0.39, 0.29) is 18.2 Å². The summed E-state index contributed by atoms with van der Waals surface area (Å²) >= 11 is 0. The predicted molar refractivity (Wildman–Crippen MR) is 120 cm³/mol. The van der Waals surface area contributed by atoms with Gasteiger partial charge in [-0.2, -0.15) is 0 Å². The first kappa shape index (κ1) is 19.2. The van der Waals surface area contributed by atoms with Gasteiger partial charge in [-0.1, -0.05) is 30.3 Å². The quantitative estimate of drug-likeness (QED) is 0.500. The summed E-state index contributed by atoms with van der Waals surface area (Å²) in [5.74, 6) is -0.0523. The van der Waals surface area contributed by atoms with Crippen LogP contribution in [-0.2, 0) is 9.59 Å². The number of fused-ring (bicyclic) bond motifs is 3. The summed E-state index contributed by atoms with van der Waals surface area (Å²) in [6.45, 7) is 2.73. The van der Waals surface area contributed by atoms with Crippen molar-refractivity contribution >= 4 is 45.1 Å². The lowest BCUT2D eigenvalue weighted by molar-refractivity contribution is -0.122. The zero-order valence-electron chi connectivity index (χ0n) is 17.1. The number of carbonyl (C=O) groups excluding carboxylic acids is 2. The summed E-state index contributed by atoms with van der Waals surface area (Å²) in [5.41, 5.74) is 2.88. The van der Waals surface area contributed by atoms with Gasteiger partial charge >= 0.3 is 0 Å². The van der Waals surface area contributed by atoms with Crippen LogP contribution in [0.4, 0.5) is 11.4 Å². The van der Waals surface area contributed by atoms with Crippen LogP contribution >= 0.6 is 0 Å². The van der Waals surface area contributed by atoms with E-state index in [2.05, 4.69) is 5.32 Å². The number of furan rings is 1. The van der Waals surface area contributed by atoms with Crippen LogP contribution < -0.4 is 15.0 Å². The Morgan fingerprint density at radius 3 is 2.71 bits per heavy atom. The number of anilines is 2. The van der Waals surface area contributed by atoms with Crippen LogP contribution in [0, 0.1) is 5.92 Å². The third-order valence-electron chi connectivity index (χ3n) is 5.60. The molecule has 1 unspecified atom stereocenters. The van der Waals surface area contributed by atoms with E-state index in [1.807, 2.05) is 73.7 Å². The molecule has 1 aliphatic rings. The summed E-state index contributed by atoms with van der Waals surface area (Å²) in [6.07, 6.45) is 0.166. The van der Waals surface area contributed by atoms with E-state index < -0.39 is 5.92 Å². The number of hydrogen-bond donors (Lipinski definition) is 1. The van der Waals surface area contributed by atoms with Crippen LogP contribution in [0.3, 0.4) is 0 Å². The molecule has 31 heavy (non-hydrogen) atoms. The van der Waals surface area contributed by atoms with Crippen LogP contribution in [0.1, 0.15) is 13.3 Å². The van der Waals surface area contributed by atoms with Crippen LogP contribution in [0.5, 0.6) is 5.75 Å². The molecule has 1 aromatic heterocycles. The molecule has 0 aliphatic carbocycles. The number of nitrogens with one attached hydrogen (secondary N) is 1. The van der Waals surface area contributed by atoms with Gasteiger partial charge in [0.15, 0.2) is 0 Å². The van der Waals surface area contributed by atoms with Gasteiger partial charge in [0.2, 0.25) is 11.8 Å². The second kappa shape index (κ2) is 7.80. The summed E-state index contributed by atoms with van der Waals surface area (Å²) in [5, 5.41) is 4.99. The first-order valence-corrected chi connectivity index (χ1v) is 10.4. The molecule has 1 atom stereocenters. The Hall–Kier alpha value is -3.80. The Morgan fingerprint density at radius 2 is 1.84 bits per heavy atom. The van der Waals surface area contributed by atoms with Gasteiger partial charge in [0, 0.05) is 35.5 Å². The van der Waals surface area contributed by atoms with E-state index in [9.17, 15) is 9.59 Å². The second-order valence-electron chi connectivity index (χ2n) is 7.60. The fourth-order valence-corrected chi connectivity index (χ4v) is 4.12. The summed E-state index contributed by atoms with van der Waals surface area (Å²) in [7, 11) is 0. The lowest BCUT2D eigenvalue weighted by atomic mass is 10.1. The molecule has 0 saturated carbocycles. The van der Waals surface area contributed by atoms with E-state index in [0.29, 0.717) is 35.9 Å². The second-order valence-corrected chi connectivity index (χ2v) is 7.60. The van der Waals surface area contributed by atoms with Crippen molar-refractivity contribution in [2.24, 2.45) is 5.92 Å². The third-order valence-corrected chi connectivity index (χ3v) is 5.60. The van der Waals surface area contributed by atoms with Gasteiger partial charge < -0.3 is 19.4 Å². The molecule has 4 aromatic rings. The van der Waals surface area contributed by atoms with E-state index in [1.165, 1.54) is 0 Å². The number of nitrogens with zero attached hydrogens (tertiary/aromatic N) is 1. The van der Waals surface area contributed by atoms with Crippen LogP contribution in [0.15, 0.2) is 71.1 Å². The van der Waals surface area contributed by atoms with Crippen molar-refractivity contribution < 1.29 is 18.7 Å². The highest BCUT2D eigenvalue weighted by atomic mass is 16.5. The number of hydrogen-bond acceptors (Lipinski definition) is 4. The molecule has 5 rings (SSSR count). The number of para-hydroxylation sites is 3. The summed E-state index contributed by atoms with van der Waals surface area (Å²) < 4.78 is 11.6. The molecule has 2 heterocycles. The molecule has 156 valence electrons. The van der Waals surface area contributed by atoms with Crippen LogP contribution in [0.25, 0.3) is 21.9 Å². The fourth-order valence-electron chi connectivity index (χ4n) is 4.12. The molecule has 0 spiro atoms. The highest BCUT2D eigenvalue weighted by Crippen LogP contribution is 2.34. The van der Waals surface area contributed by atoms with Gasteiger partial charge in [-0.15, -0.1) is 0 Å². The SMILES string of the molecule is CCOc1ccccc1N1CC(C(=O)Nc2ccc3c(c2)oc2ccccc23)CC1=O. The Morgan fingerprint density at radius 1 is 1.06 bits per heavy atom. The van der Waals surface area contributed by atoms with Crippen molar-refractivity contribution in [2.75, 3.05) is 23.4 Å². The molecule has 1 saturated heterocycles. The van der Waals surface area contributed by atoms with Crippen molar-refractivity contribution in [1.82, 2.24) is 0 Å². The van der Waals surface area contributed by atoms with Gasteiger partial charge in [0.05, 0.1) is 18.2 Å². The number of rotatable bonds is 5. The van der Waals surface area contributed by atoms with E-state index in [1.54, 1.807) is 4.90 Å². The molecule has 6 heteroatoms. The molecular formula is C25H22N2O4. The Balaban J connectivity index is 1.34. The number of ether oxygens (including phenoxy) is 1. The highest BCUT2D eigenvalue weighted by molar-refractivity contribution is 6.07. The first-order valence-electron chi connectivity index (χ1n) is 10.4. The number of carbonyl (C=O) groups is 2. The molecular weight excluding hydrogens is 392 g/mol. The van der Waals surface area contributed by atoms with Gasteiger partial charge in [-0.3, -0.25) is 9.59 Å². The van der Waals surface area contributed by atoms with E-state index in [0.717, 1.165) is 16.4 Å².